The van der Waals surface area contributed by atoms with E-state index in [2.05, 4.69) is 5.32 Å². The fraction of sp³-hybridized carbons (Fsp3) is 0.318. The average molecular weight is 413 g/mol. The highest BCUT2D eigenvalue weighted by molar-refractivity contribution is 6.05. The molecule has 158 valence electrons. The summed E-state index contributed by atoms with van der Waals surface area (Å²) in [7, 11) is 1.64. The van der Waals surface area contributed by atoms with E-state index in [9.17, 15) is 18.8 Å². The van der Waals surface area contributed by atoms with E-state index in [4.69, 9.17) is 4.74 Å². The van der Waals surface area contributed by atoms with Gasteiger partial charge < -0.3 is 10.1 Å². The molecule has 8 heteroatoms. The van der Waals surface area contributed by atoms with E-state index in [1.54, 1.807) is 24.1 Å². The van der Waals surface area contributed by atoms with Crippen molar-refractivity contribution in [2.24, 2.45) is 0 Å². The zero-order chi connectivity index (χ0) is 21.5. The van der Waals surface area contributed by atoms with Crippen molar-refractivity contribution in [2.45, 2.75) is 19.0 Å². The predicted octanol–water partition coefficient (Wildman–Crippen LogP) is 1.58. The molecule has 1 aliphatic rings. The van der Waals surface area contributed by atoms with Gasteiger partial charge in [-0.2, -0.15) is 0 Å². The lowest BCUT2D eigenvalue weighted by molar-refractivity contribution is -0.140. The molecule has 1 saturated heterocycles. The van der Waals surface area contributed by atoms with Gasteiger partial charge in [-0.25, -0.2) is 4.39 Å². The normalized spacial score (nSPS) is 16.2. The van der Waals surface area contributed by atoms with Crippen LogP contribution in [0.15, 0.2) is 54.6 Å². The molecule has 0 saturated carbocycles. The summed E-state index contributed by atoms with van der Waals surface area (Å²) in [6.07, 6.45) is 0.0537. The highest BCUT2D eigenvalue weighted by Crippen LogP contribution is 2.20. The molecule has 1 N–H and O–H groups in total. The molecule has 0 aromatic heterocycles. The van der Waals surface area contributed by atoms with Crippen molar-refractivity contribution in [1.29, 1.82) is 0 Å². The molecule has 2 aromatic carbocycles. The molecule has 3 amide bonds. The first-order chi connectivity index (χ1) is 14.4. The van der Waals surface area contributed by atoms with Gasteiger partial charge in [-0.3, -0.25) is 24.2 Å². The summed E-state index contributed by atoms with van der Waals surface area (Å²) >= 11 is 0. The van der Waals surface area contributed by atoms with Crippen LogP contribution in [0.4, 0.5) is 4.39 Å². The van der Waals surface area contributed by atoms with Gasteiger partial charge in [0, 0.05) is 6.07 Å². The second-order valence-corrected chi connectivity index (χ2v) is 7.09. The third kappa shape index (κ3) is 5.64. The largest absolute Gasteiger partial charge is 0.492 e. The molecule has 1 fully saturated rings. The van der Waals surface area contributed by atoms with Crippen molar-refractivity contribution in [3.63, 3.8) is 0 Å². The number of hydrogen-bond acceptors (Lipinski definition) is 5. The predicted molar refractivity (Wildman–Crippen MR) is 108 cm³/mol. The molecule has 2 aromatic rings. The van der Waals surface area contributed by atoms with Crippen LogP contribution in [0, 0.1) is 5.82 Å². The Labute approximate surface area is 174 Å². The molecule has 7 nitrogen and oxygen atoms in total. The number of hydrogen-bond donors (Lipinski definition) is 1. The number of rotatable bonds is 9. The van der Waals surface area contributed by atoms with Gasteiger partial charge in [0.05, 0.1) is 32.1 Å². The zero-order valence-electron chi connectivity index (χ0n) is 16.7. The molecule has 3 rings (SSSR count). The minimum absolute atomic E-state index is 0.0250. The average Bonchev–Trinajstić information content (AvgIpc) is 3.00. The number of ether oxygens (including phenoxy) is 1. The number of likely N-dealkylation sites (N-methyl/N-ethyl adjacent to an activating group) is 1. The SMILES string of the molecule is CN(CC(=O)NCCOc1cccc(F)c1)[C@@H]1CC(=O)N(Cc2ccccc2)C1=O. The number of carbonyl (C=O) groups excluding carboxylic acids is 3. The molecular weight excluding hydrogens is 389 g/mol. The van der Waals surface area contributed by atoms with Crippen LogP contribution >= 0.6 is 0 Å². The minimum Gasteiger partial charge on any atom is -0.492 e. The van der Waals surface area contributed by atoms with Crippen LogP contribution in [-0.4, -0.2) is 60.3 Å². The van der Waals surface area contributed by atoms with E-state index in [1.165, 1.54) is 17.0 Å². The molecule has 0 radical (unpaired) electrons. The van der Waals surface area contributed by atoms with Crippen LogP contribution in [0.1, 0.15) is 12.0 Å². The monoisotopic (exact) mass is 413 g/mol. The summed E-state index contributed by atoms with van der Waals surface area (Å²) in [5.74, 6) is -0.842. The molecule has 30 heavy (non-hydrogen) atoms. The van der Waals surface area contributed by atoms with Crippen molar-refractivity contribution in [3.05, 3.63) is 66.0 Å². The zero-order valence-corrected chi connectivity index (χ0v) is 16.7. The third-order valence-electron chi connectivity index (χ3n) is 4.82. The van der Waals surface area contributed by atoms with Gasteiger partial charge in [-0.15, -0.1) is 0 Å². The lowest BCUT2D eigenvalue weighted by Gasteiger charge is -2.22. The molecule has 0 aliphatic carbocycles. The summed E-state index contributed by atoms with van der Waals surface area (Å²) in [6.45, 7) is 0.626. The maximum absolute atomic E-state index is 13.1. The van der Waals surface area contributed by atoms with E-state index in [0.29, 0.717) is 5.75 Å². The van der Waals surface area contributed by atoms with Gasteiger partial charge >= 0.3 is 0 Å². The molecule has 1 aliphatic heterocycles. The summed E-state index contributed by atoms with van der Waals surface area (Å²) < 4.78 is 18.5. The van der Waals surface area contributed by atoms with Crippen molar-refractivity contribution in [3.8, 4) is 5.75 Å². The van der Waals surface area contributed by atoms with Crippen molar-refractivity contribution in [2.75, 3.05) is 26.7 Å². The van der Waals surface area contributed by atoms with Gasteiger partial charge in [0.25, 0.3) is 0 Å². The van der Waals surface area contributed by atoms with Crippen LogP contribution in [0.2, 0.25) is 0 Å². The molecule has 1 heterocycles. The van der Waals surface area contributed by atoms with Crippen LogP contribution in [-0.2, 0) is 20.9 Å². The number of benzene rings is 2. The van der Waals surface area contributed by atoms with Crippen LogP contribution in [0.25, 0.3) is 0 Å². The Morgan fingerprint density at radius 3 is 2.70 bits per heavy atom. The third-order valence-corrected chi connectivity index (χ3v) is 4.82. The van der Waals surface area contributed by atoms with Gasteiger partial charge in [0.1, 0.15) is 18.2 Å². The lowest BCUT2D eigenvalue weighted by atomic mass is 10.2. The Kier molecular flexibility index (Phi) is 7.13. The van der Waals surface area contributed by atoms with Crippen molar-refractivity contribution in [1.82, 2.24) is 15.1 Å². The van der Waals surface area contributed by atoms with Gasteiger partial charge in [0.15, 0.2) is 0 Å². The molecule has 0 bridgehead atoms. The first-order valence-corrected chi connectivity index (χ1v) is 9.67. The fourth-order valence-corrected chi connectivity index (χ4v) is 3.25. The number of likely N-dealkylation sites (tertiary alicyclic amines) is 1. The lowest BCUT2D eigenvalue weighted by Crippen LogP contribution is -2.45. The Hall–Kier alpha value is -3.26. The number of nitrogens with one attached hydrogen (secondary N) is 1. The van der Waals surface area contributed by atoms with Gasteiger partial charge in [0.2, 0.25) is 17.7 Å². The van der Waals surface area contributed by atoms with E-state index in [1.807, 2.05) is 30.3 Å². The summed E-state index contributed by atoms with van der Waals surface area (Å²) in [6, 6.07) is 14.4. The van der Waals surface area contributed by atoms with Crippen LogP contribution < -0.4 is 10.1 Å². The number of imide groups is 1. The van der Waals surface area contributed by atoms with E-state index in [-0.39, 0.29) is 50.4 Å². The summed E-state index contributed by atoms with van der Waals surface area (Å²) in [5.41, 5.74) is 0.874. The van der Waals surface area contributed by atoms with Crippen LogP contribution in [0.3, 0.4) is 0 Å². The highest BCUT2D eigenvalue weighted by Gasteiger charge is 2.40. The van der Waals surface area contributed by atoms with E-state index < -0.39 is 11.9 Å². The second-order valence-electron chi connectivity index (χ2n) is 7.09. The summed E-state index contributed by atoms with van der Waals surface area (Å²) in [5, 5.41) is 2.69. The molecule has 0 spiro atoms. The smallest absolute Gasteiger partial charge is 0.247 e. The van der Waals surface area contributed by atoms with Gasteiger partial charge in [-0.05, 0) is 24.7 Å². The molecular formula is C22H24FN3O4. The number of amides is 3. The van der Waals surface area contributed by atoms with E-state index >= 15 is 0 Å². The number of nitrogens with zero attached hydrogens (tertiary/aromatic N) is 2. The van der Waals surface area contributed by atoms with Crippen molar-refractivity contribution < 1.29 is 23.5 Å². The Morgan fingerprint density at radius 1 is 1.20 bits per heavy atom. The second kappa shape index (κ2) is 9.98. The Bertz CT molecular complexity index is 906. The van der Waals surface area contributed by atoms with Gasteiger partial charge in [-0.1, -0.05) is 36.4 Å². The Balaban J connectivity index is 1.43. The van der Waals surface area contributed by atoms with Crippen molar-refractivity contribution >= 4 is 17.7 Å². The fourth-order valence-electron chi connectivity index (χ4n) is 3.25. The van der Waals surface area contributed by atoms with E-state index in [0.717, 1.165) is 5.56 Å². The quantitative estimate of drug-likeness (QED) is 0.499. The maximum Gasteiger partial charge on any atom is 0.247 e. The standard InChI is InChI=1S/C22H24FN3O4/c1-25(15-20(27)24-10-11-30-18-9-5-8-17(23)12-18)19-13-21(28)26(22(19)29)14-16-6-3-2-4-7-16/h2-9,12,19H,10-11,13-15H2,1H3,(H,24,27)/t19-/m1/s1. The molecule has 0 unspecified atom stereocenters. The maximum atomic E-state index is 13.1. The first kappa shape index (κ1) is 21.4. The Morgan fingerprint density at radius 2 is 1.97 bits per heavy atom. The highest BCUT2D eigenvalue weighted by atomic mass is 19.1. The topological polar surface area (TPSA) is 79.0 Å². The summed E-state index contributed by atoms with van der Waals surface area (Å²) in [4.78, 5) is 39.9. The minimum atomic E-state index is -0.657. The number of halogens is 1. The van der Waals surface area contributed by atoms with Crippen LogP contribution in [0.5, 0.6) is 5.75 Å². The number of carbonyl (C=O) groups is 3. The molecule has 1 atom stereocenters. The first-order valence-electron chi connectivity index (χ1n) is 9.67.